The molecule has 0 bridgehead atoms. The van der Waals surface area contributed by atoms with Gasteiger partial charge in [0, 0.05) is 11.3 Å². The minimum Gasteiger partial charge on any atom is -0.508 e. The highest BCUT2D eigenvalue weighted by atomic mass is 16.5. The van der Waals surface area contributed by atoms with Crippen LogP contribution in [0, 0.1) is 0 Å². The first-order valence-electron chi connectivity index (χ1n) is 7.17. The lowest BCUT2D eigenvalue weighted by Gasteiger charge is -2.21. The number of ether oxygens (including phenoxy) is 1. The van der Waals surface area contributed by atoms with Crippen molar-refractivity contribution in [1.29, 1.82) is 0 Å². The van der Waals surface area contributed by atoms with Crippen LogP contribution in [0.25, 0.3) is 0 Å². The summed E-state index contributed by atoms with van der Waals surface area (Å²) in [6.07, 6.45) is -0.519. The van der Waals surface area contributed by atoms with E-state index in [0.29, 0.717) is 5.69 Å². The first-order valence-corrected chi connectivity index (χ1v) is 7.17. The molecule has 4 heteroatoms. The fraction of sp³-hybridized carbons (Fsp3) is 0.278. The first-order chi connectivity index (χ1) is 10.4. The average molecular weight is 299 g/mol. The summed E-state index contributed by atoms with van der Waals surface area (Å²) in [6, 6.07) is 14.5. The lowest BCUT2D eigenvalue weighted by molar-refractivity contribution is 0.155. The van der Waals surface area contributed by atoms with E-state index in [1.807, 2.05) is 51.1 Å². The molecule has 0 heterocycles. The third kappa shape index (κ3) is 4.25. The zero-order valence-corrected chi connectivity index (χ0v) is 13.1. The second-order valence-electron chi connectivity index (χ2n) is 6.17. The van der Waals surface area contributed by atoms with Crippen molar-refractivity contribution in [2.75, 3.05) is 5.32 Å². The number of nitrogens with one attached hydrogen (secondary N) is 1. The molecule has 0 unspecified atom stereocenters. The van der Waals surface area contributed by atoms with Crippen LogP contribution in [-0.2, 0) is 16.8 Å². The molecule has 0 aromatic heterocycles. The Morgan fingerprint density at radius 1 is 1.14 bits per heavy atom. The van der Waals surface area contributed by atoms with Gasteiger partial charge in [-0.15, -0.1) is 0 Å². The minimum absolute atomic E-state index is 0.213. The maximum Gasteiger partial charge on any atom is 0.411 e. The zero-order chi connectivity index (χ0) is 16.2. The second-order valence-corrected chi connectivity index (χ2v) is 6.17. The van der Waals surface area contributed by atoms with Gasteiger partial charge in [-0.1, -0.05) is 51.1 Å². The summed E-state index contributed by atoms with van der Waals surface area (Å²) in [6.45, 7) is 6.22. The third-order valence-corrected chi connectivity index (χ3v) is 3.26. The van der Waals surface area contributed by atoms with Crippen molar-refractivity contribution >= 4 is 11.8 Å². The van der Waals surface area contributed by atoms with Crippen LogP contribution in [0.4, 0.5) is 10.5 Å². The van der Waals surface area contributed by atoms with Crippen LogP contribution in [0.3, 0.4) is 0 Å². The number of carbonyl (C=O) groups is 1. The van der Waals surface area contributed by atoms with Crippen LogP contribution >= 0.6 is 0 Å². The summed E-state index contributed by atoms with van der Waals surface area (Å²) in [5.41, 5.74) is 2.09. The Balaban J connectivity index is 2.00. The van der Waals surface area contributed by atoms with Gasteiger partial charge in [-0.05, 0) is 29.2 Å². The summed E-state index contributed by atoms with van der Waals surface area (Å²) >= 11 is 0. The molecule has 0 aliphatic heterocycles. The smallest absolute Gasteiger partial charge is 0.411 e. The zero-order valence-electron chi connectivity index (χ0n) is 13.1. The van der Waals surface area contributed by atoms with Gasteiger partial charge in [-0.2, -0.15) is 0 Å². The Labute approximate surface area is 130 Å². The highest BCUT2D eigenvalue weighted by Crippen LogP contribution is 2.32. The van der Waals surface area contributed by atoms with Gasteiger partial charge in [-0.3, -0.25) is 5.32 Å². The van der Waals surface area contributed by atoms with Gasteiger partial charge in [0.05, 0.1) is 0 Å². The summed E-state index contributed by atoms with van der Waals surface area (Å²) < 4.78 is 5.18. The molecule has 4 nitrogen and oxygen atoms in total. The van der Waals surface area contributed by atoms with Crippen molar-refractivity contribution in [3.8, 4) is 5.75 Å². The van der Waals surface area contributed by atoms with E-state index in [1.165, 1.54) is 0 Å². The lowest BCUT2D eigenvalue weighted by Crippen LogP contribution is -2.15. The molecule has 0 radical (unpaired) electrons. The monoisotopic (exact) mass is 299 g/mol. The first kappa shape index (κ1) is 15.9. The van der Waals surface area contributed by atoms with E-state index >= 15 is 0 Å². The van der Waals surface area contributed by atoms with E-state index in [0.717, 1.165) is 11.1 Å². The molecular formula is C18H21NO3. The number of amides is 1. The fourth-order valence-corrected chi connectivity index (χ4v) is 2.09. The molecule has 0 atom stereocenters. The SMILES string of the molecule is CC(C)(C)c1cc(NC(=O)OCc2ccccc2)ccc1O. The van der Waals surface area contributed by atoms with Crippen molar-refractivity contribution < 1.29 is 14.6 Å². The quantitative estimate of drug-likeness (QED) is 0.824. The number of benzene rings is 2. The molecule has 0 spiro atoms. The molecule has 0 saturated heterocycles. The number of hydrogen-bond acceptors (Lipinski definition) is 3. The summed E-state index contributed by atoms with van der Waals surface area (Å²) in [5.74, 6) is 0.218. The van der Waals surface area contributed by atoms with Crippen molar-refractivity contribution in [1.82, 2.24) is 0 Å². The van der Waals surface area contributed by atoms with Crippen LogP contribution < -0.4 is 5.32 Å². The average Bonchev–Trinajstić information content (AvgIpc) is 2.47. The van der Waals surface area contributed by atoms with E-state index in [2.05, 4.69) is 5.32 Å². The number of carbonyl (C=O) groups excluding carboxylic acids is 1. The third-order valence-electron chi connectivity index (χ3n) is 3.26. The van der Waals surface area contributed by atoms with E-state index < -0.39 is 6.09 Å². The van der Waals surface area contributed by atoms with Gasteiger partial charge in [0.2, 0.25) is 0 Å². The predicted octanol–water partition coefficient (Wildman–Crippen LogP) is 4.44. The van der Waals surface area contributed by atoms with Crippen LogP contribution in [0.1, 0.15) is 31.9 Å². The number of aromatic hydroxyl groups is 1. The predicted molar refractivity (Wildman–Crippen MR) is 87.1 cm³/mol. The largest absolute Gasteiger partial charge is 0.508 e. The van der Waals surface area contributed by atoms with Gasteiger partial charge in [-0.25, -0.2) is 4.79 Å². The van der Waals surface area contributed by atoms with Gasteiger partial charge in [0.15, 0.2) is 0 Å². The van der Waals surface area contributed by atoms with E-state index in [4.69, 9.17) is 4.74 Å². The lowest BCUT2D eigenvalue weighted by atomic mass is 9.86. The standard InChI is InChI=1S/C18H21NO3/c1-18(2,3)15-11-14(9-10-16(15)20)19-17(21)22-12-13-7-5-4-6-8-13/h4-11,20H,12H2,1-3H3,(H,19,21). The molecule has 0 saturated carbocycles. The van der Waals surface area contributed by atoms with Crippen LogP contribution in [0.2, 0.25) is 0 Å². The summed E-state index contributed by atoms with van der Waals surface area (Å²) in [5, 5.41) is 12.6. The topological polar surface area (TPSA) is 58.6 Å². The molecule has 116 valence electrons. The summed E-state index contributed by atoms with van der Waals surface area (Å²) in [4.78, 5) is 11.8. The molecule has 2 rings (SSSR count). The van der Waals surface area contributed by atoms with Gasteiger partial charge >= 0.3 is 6.09 Å². The van der Waals surface area contributed by atoms with Crippen LogP contribution in [0.5, 0.6) is 5.75 Å². The van der Waals surface area contributed by atoms with Gasteiger partial charge in [0.25, 0.3) is 0 Å². The van der Waals surface area contributed by atoms with E-state index in [1.54, 1.807) is 18.2 Å². The second kappa shape index (κ2) is 6.52. The van der Waals surface area contributed by atoms with Crippen molar-refractivity contribution in [3.63, 3.8) is 0 Å². The molecule has 1 amide bonds. The molecular weight excluding hydrogens is 278 g/mol. The van der Waals surface area contributed by atoms with Crippen molar-refractivity contribution in [2.45, 2.75) is 32.8 Å². The van der Waals surface area contributed by atoms with E-state index in [-0.39, 0.29) is 17.8 Å². The maximum atomic E-state index is 11.8. The fourth-order valence-electron chi connectivity index (χ4n) is 2.09. The van der Waals surface area contributed by atoms with Crippen molar-refractivity contribution in [2.24, 2.45) is 0 Å². The minimum atomic E-state index is -0.519. The number of hydrogen-bond donors (Lipinski definition) is 2. The van der Waals surface area contributed by atoms with Crippen LogP contribution in [-0.4, -0.2) is 11.2 Å². The number of anilines is 1. The number of phenolic OH excluding ortho intramolecular Hbond substituents is 1. The maximum absolute atomic E-state index is 11.8. The number of rotatable bonds is 3. The summed E-state index contributed by atoms with van der Waals surface area (Å²) in [7, 11) is 0. The Kier molecular flexibility index (Phi) is 4.71. The Morgan fingerprint density at radius 3 is 2.45 bits per heavy atom. The molecule has 2 aromatic carbocycles. The molecule has 2 aromatic rings. The van der Waals surface area contributed by atoms with Gasteiger partial charge in [0.1, 0.15) is 12.4 Å². The Bertz CT molecular complexity index is 645. The van der Waals surface area contributed by atoms with Crippen molar-refractivity contribution in [3.05, 3.63) is 59.7 Å². The highest BCUT2D eigenvalue weighted by molar-refractivity contribution is 5.85. The van der Waals surface area contributed by atoms with Crippen LogP contribution in [0.15, 0.2) is 48.5 Å². The molecule has 0 fully saturated rings. The highest BCUT2D eigenvalue weighted by Gasteiger charge is 2.18. The molecule has 0 aliphatic carbocycles. The number of phenols is 1. The van der Waals surface area contributed by atoms with Gasteiger partial charge < -0.3 is 9.84 Å². The Morgan fingerprint density at radius 2 is 1.82 bits per heavy atom. The van der Waals surface area contributed by atoms with E-state index in [9.17, 15) is 9.90 Å². The molecule has 22 heavy (non-hydrogen) atoms. The molecule has 0 aliphatic rings. The normalized spacial score (nSPS) is 11.0. The Hall–Kier alpha value is -2.49. The molecule has 2 N–H and O–H groups in total.